The molecule has 0 bridgehead atoms. The molecule has 0 amide bonds. The van der Waals surface area contributed by atoms with Crippen molar-refractivity contribution < 1.29 is 0 Å². The highest BCUT2D eigenvalue weighted by atomic mass is 15.3. The van der Waals surface area contributed by atoms with Crippen molar-refractivity contribution in [2.24, 2.45) is 10.1 Å². The fourth-order valence-corrected chi connectivity index (χ4v) is 2.97. The summed E-state index contributed by atoms with van der Waals surface area (Å²) in [4.78, 5) is 14.8. The van der Waals surface area contributed by atoms with E-state index in [1.54, 1.807) is 6.21 Å². The molecule has 4 rings (SSSR count). The van der Waals surface area contributed by atoms with Gasteiger partial charge in [-0.15, -0.1) is 0 Å². The molecule has 0 radical (unpaired) electrons. The van der Waals surface area contributed by atoms with E-state index in [2.05, 4.69) is 44.5 Å². The first kappa shape index (κ1) is 19.4. The van der Waals surface area contributed by atoms with Gasteiger partial charge in [0.15, 0.2) is 11.7 Å². The number of nitrogens with zero attached hydrogens (tertiary/aromatic N) is 4. The van der Waals surface area contributed by atoms with E-state index in [0.29, 0.717) is 11.7 Å². The zero-order valence-corrected chi connectivity index (χ0v) is 17.3. The SMILES string of the molecule is Cc1ccc(N=C(NN=Cc2ccc(N(C)C)cc2)c2nc3ccccc3[nH]2)cc1. The van der Waals surface area contributed by atoms with E-state index in [1.165, 1.54) is 5.56 Å². The molecule has 1 aromatic heterocycles. The first-order chi connectivity index (χ1) is 14.6. The van der Waals surface area contributed by atoms with Crippen LogP contribution in [0.1, 0.15) is 17.0 Å². The second-order valence-electron chi connectivity index (χ2n) is 7.25. The van der Waals surface area contributed by atoms with E-state index in [0.717, 1.165) is 28.0 Å². The Hall–Kier alpha value is -3.93. The Morgan fingerprint density at radius 3 is 2.40 bits per heavy atom. The second-order valence-corrected chi connectivity index (χ2v) is 7.25. The Labute approximate surface area is 176 Å². The molecule has 2 N–H and O–H groups in total. The number of nitrogens with one attached hydrogen (secondary N) is 2. The Morgan fingerprint density at radius 1 is 0.967 bits per heavy atom. The maximum absolute atomic E-state index is 4.73. The number of aromatic amines is 1. The van der Waals surface area contributed by atoms with Crippen LogP contribution in [0.25, 0.3) is 11.0 Å². The first-order valence-corrected chi connectivity index (χ1v) is 9.75. The number of benzene rings is 3. The van der Waals surface area contributed by atoms with Crippen LogP contribution in [-0.4, -0.2) is 36.1 Å². The number of para-hydroxylation sites is 2. The van der Waals surface area contributed by atoms with Gasteiger partial charge in [0.05, 0.1) is 22.9 Å². The summed E-state index contributed by atoms with van der Waals surface area (Å²) in [5.41, 5.74) is 9.05. The maximum atomic E-state index is 4.73. The van der Waals surface area contributed by atoms with Gasteiger partial charge in [0.2, 0.25) is 0 Å². The van der Waals surface area contributed by atoms with Crippen LogP contribution in [0.15, 0.2) is 82.9 Å². The molecule has 0 fully saturated rings. The molecule has 0 unspecified atom stereocenters. The molecule has 0 saturated heterocycles. The number of hydrogen-bond acceptors (Lipinski definition) is 4. The topological polar surface area (TPSA) is 68.7 Å². The molecule has 6 nitrogen and oxygen atoms in total. The Morgan fingerprint density at radius 2 is 1.70 bits per heavy atom. The summed E-state index contributed by atoms with van der Waals surface area (Å²) in [6, 6.07) is 24.1. The molecular weight excluding hydrogens is 372 g/mol. The number of hydrazone groups is 1. The van der Waals surface area contributed by atoms with E-state index in [-0.39, 0.29) is 0 Å². The predicted octanol–water partition coefficient (Wildman–Crippen LogP) is 4.64. The van der Waals surface area contributed by atoms with E-state index in [9.17, 15) is 0 Å². The van der Waals surface area contributed by atoms with Crippen molar-refractivity contribution in [2.45, 2.75) is 6.92 Å². The highest BCUT2D eigenvalue weighted by Crippen LogP contribution is 2.16. The maximum Gasteiger partial charge on any atom is 0.190 e. The summed E-state index contributed by atoms with van der Waals surface area (Å²) in [6.07, 6.45) is 1.77. The van der Waals surface area contributed by atoms with Crippen molar-refractivity contribution in [1.29, 1.82) is 0 Å². The Bertz CT molecular complexity index is 1150. The third-order valence-electron chi connectivity index (χ3n) is 4.68. The monoisotopic (exact) mass is 396 g/mol. The van der Waals surface area contributed by atoms with Crippen molar-refractivity contribution in [3.63, 3.8) is 0 Å². The van der Waals surface area contributed by atoms with Crippen molar-refractivity contribution in [3.8, 4) is 0 Å². The van der Waals surface area contributed by atoms with E-state index >= 15 is 0 Å². The van der Waals surface area contributed by atoms with Gasteiger partial charge in [-0.05, 0) is 48.9 Å². The summed E-state index contributed by atoms with van der Waals surface area (Å²) in [7, 11) is 4.04. The number of aryl methyl sites for hydroxylation is 1. The number of imidazole rings is 1. The molecule has 150 valence electrons. The van der Waals surface area contributed by atoms with Gasteiger partial charge in [-0.2, -0.15) is 5.10 Å². The molecule has 3 aromatic carbocycles. The molecule has 0 aliphatic carbocycles. The molecule has 6 heteroatoms. The number of hydrogen-bond donors (Lipinski definition) is 2. The van der Waals surface area contributed by atoms with Crippen LogP contribution in [0, 0.1) is 6.92 Å². The van der Waals surface area contributed by atoms with Gasteiger partial charge >= 0.3 is 0 Å². The van der Waals surface area contributed by atoms with Crippen LogP contribution < -0.4 is 10.3 Å². The zero-order chi connectivity index (χ0) is 20.9. The number of aromatic nitrogens is 2. The lowest BCUT2D eigenvalue weighted by Crippen LogP contribution is -2.20. The molecule has 30 heavy (non-hydrogen) atoms. The van der Waals surface area contributed by atoms with Crippen LogP contribution in [0.2, 0.25) is 0 Å². The van der Waals surface area contributed by atoms with Crippen LogP contribution in [0.4, 0.5) is 11.4 Å². The van der Waals surface area contributed by atoms with Gasteiger partial charge in [0.1, 0.15) is 0 Å². The smallest absolute Gasteiger partial charge is 0.190 e. The summed E-state index contributed by atoms with van der Waals surface area (Å²) in [6.45, 7) is 2.05. The summed E-state index contributed by atoms with van der Waals surface area (Å²) in [5, 5.41) is 4.40. The lowest BCUT2D eigenvalue weighted by Gasteiger charge is -2.11. The lowest BCUT2D eigenvalue weighted by atomic mass is 10.2. The molecule has 0 aliphatic rings. The fraction of sp³-hybridized carbons (Fsp3) is 0.125. The first-order valence-electron chi connectivity index (χ1n) is 9.75. The number of fused-ring (bicyclic) bond motifs is 1. The largest absolute Gasteiger partial charge is 0.378 e. The van der Waals surface area contributed by atoms with E-state index in [1.807, 2.05) is 74.8 Å². The molecular formula is C24H24N6. The number of H-pyrrole nitrogens is 1. The highest BCUT2D eigenvalue weighted by Gasteiger charge is 2.09. The number of aliphatic imine (C=N–C) groups is 1. The van der Waals surface area contributed by atoms with Crippen LogP contribution >= 0.6 is 0 Å². The average molecular weight is 396 g/mol. The van der Waals surface area contributed by atoms with Crippen LogP contribution in [0.5, 0.6) is 0 Å². The molecule has 1 heterocycles. The van der Waals surface area contributed by atoms with Crippen molar-refractivity contribution in [1.82, 2.24) is 15.4 Å². The minimum absolute atomic E-state index is 0.552. The molecule has 0 spiro atoms. The normalized spacial score (nSPS) is 11.9. The minimum atomic E-state index is 0.552. The zero-order valence-electron chi connectivity index (χ0n) is 17.3. The third kappa shape index (κ3) is 4.55. The average Bonchev–Trinajstić information content (AvgIpc) is 3.19. The summed E-state index contributed by atoms with van der Waals surface area (Å²) in [5.74, 6) is 1.19. The van der Waals surface area contributed by atoms with Crippen molar-refractivity contribution >= 4 is 34.5 Å². The van der Waals surface area contributed by atoms with Gasteiger partial charge in [-0.3, -0.25) is 5.43 Å². The van der Waals surface area contributed by atoms with E-state index in [4.69, 9.17) is 4.99 Å². The summed E-state index contributed by atoms with van der Waals surface area (Å²) >= 11 is 0. The number of anilines is 1. The molecule has 0 atom stereocenters. The van der Waals surface area contributed by atoms with Gasteiger partial charge in [-0.25, -0.2) is 9.98 Å². The number of rotatable bonds is 5. The molecule has 0 aliphatic heterocycles. The van der Waals surface area contributed by atoms with Crippen LogP contribution in [-0.2, 0) is 0 Å². The van der Waals surface area contributed by atoms with Gasteiger partial charge in [0, 0.05) is 19.8 Å². The van der Waals surface area contributed by atoms with Crippen molar-refractivity contribution in [3.05, 3.63) is 89.7 Å². The lowest BCUT2D eigenvalue weighted by molar-refractivity contribution is 1.01. The quantitative estimate of drug-likeness (QED) is 0.293. The van der Waals surface area contributed by atoms with Crippen molar-refractivity contribution in [2.75, 3.05) is 19.0 Å². The van der Waals surface area contributed by atoms with E-state index < -0.39 is 0 Å². The molecule has 0 saturated carbocycles. The minimum Gasteiger partial charge on any atom is -0.378 e. The predicted molar refractivity (Wildman–Crippen MR) is 125 cm³/mol. The molecule has 4 aromatic rings. The third-order valence-corrected chi connectivity index (χ3v) is 4.68. The Kier molecular flexibility index (Phi) is 5.57. The Balaban J connectivity index is 1.62. The fourth-order valence-electron chi connectivity index (χ4n) is 2.97. The second kappa shape index (κ2) is 8.61. The number of amidine groups is 1. The van der Waals surface area contributed by atoms with Crippen LogP contribution in [0.3, 0.4) is 0 Å². The van der Waals surface area contributed by atoms with Gasteiger partial charge in [0.25, 0.3) is 0 Å². The van der Waals surface area contributed by atoms with Gasteiger partial charge in [-0.1, -0.05) is 42.0 Å². The summed E-state index contributed by atoms with van der Waals surface area (Å²) < 4.78 is 0. The highest BCUT2D eigenvalue weighted by molar-refractivity contribution is 6.00. The standard InChI is InChI=1S/C24H24N6/c1-17-8-12-19(13-9-17)26-24(23-27-21-6-4-5-7-22(21)28-23)29-25-16-18-10-14-20(15-11-18)30(2)3/h4-16H,1-3H3,(H,26,29)(H,27,28). The van der Waals surface area contributed by atoms with Gasteiger partial charge < -0.3 is 9.88 Å².